The smallest absolute Gasteiger partial charge is 0.240 e. The molecular weight excluding hydrogens is 388 g/mol. The fraction of sp³-hybridized carbons (Fsp3) is 0.455. The number of hydrogen-bond acceptors (Lipinski definition) is 4. The van der Waals surface area contributed by atoms with Crippen LogP contribution >= 0.6 is 11.8 Å². The molecule has 1 fully saturated rings. The summed E-state index contributed by atoms with van der Waals surface area (Å²) >= 11 is 1.79. The van der Waals surface area contributed by atoms with Crippen molar-refractivity contribution >= 4 is 21.8 Å². The minimum Gasteiger partial charge on any atom is -0.299 e. The van der Waals surface area contributed by atoms with Crippen molar-refractivity contribution in [2.45, 2.75) is 43.0 Å². The van der Waals surface area contributed by atoms with Gasteiger partial charge in [0.25, 0.3) is 0 Å². The summed E-state index contributed by atoms with van der Waals surface area (Å²) in [6.45, 7) is 7.45. The largest absolute Gasteiger partial charge is 0.299 e. The average Bonchev–Trinajstić information content (AvgIpc) is 2.70. The van der Waals surface area contributed by atoms with Crippen molar-refractivity contribution in [2.75, 3.05) is 25.9 Å². The lowest BCUT2D eigenvalue weighted by Crippen LogP contribution is -2.38. The van der Waals surface area contributed by atoms with Gasteiger partial charge in [0.15, 0.2) is 0 Å². The van der Waals surface area contributed by atoms with E-state index in [0.717, 1.165) is 43.6 Å². The Balaban J connectivity index is 1.51. The van der Waals surface area contributed by atoms with Gasteiger partial charge in [0.2, 0.25) is 10.0 Å². The molecule has 0 unspecified atom stereocenters. The molecule has 1 saturated heterocycles. The second-order valence-corrected chi connectivity index (χ2v) is 10.2. The molecule has 0 aliphatic carbocycles. The number of nitrogens with one attached hydrogen (secondary N) is 1. The van der Waals surface area contributed by atoms with Crippen LogP contribution in [0, 0.1) is 19.8 Å². The van der Waals surface area contributed by atoms with Crippen LogP contribution < -0.4 is 4.72 Å². The van der Waals surface area contributed by atoms with E-state index in [4.69, 9.17) is 0 Å². The molecule has 0 aromatic heterocycles. The lowest BCUT2D eigenvalue weighted by Gasteiger charge is -2.32. The summed E-state index contributed by atoms with van der Waals surface area (Å²) in [5.41, 5.74) is 3.49. The molecule has 3 rings (SSSR count). The zero-order chi connectivity index (χ0) is 20.1. The highest BCUT2D eigenvalue weighted by Crippen LogP contribution is 2.24. The predicted molar refractivity (Wildman–Crippen MR) is 117 cm³/mol. The second kappa shape index (κ2) is 9.44. The van der Waals surface area contributed by atoms with E-state index in [2.05, 4.69) is 40.1 Å². The molecule has 28 heavy (non-hydrogen) atoms. The molecule has 0 bridgehead atoms. The van der Waals surface area contributed by atoms with Crippen LogP contribution in [-0.4, -0.2) is 39.2 Å². The number of aryl methyl sites for hydroxylation is 2. The van der Waals surface area contributed by atoms with Gasteiger partial charge < -0.3 is 0 Å². The maximum absolute atomic E-state index is 12.6. The lowest BCUT2D eigenvalue weighted by molar-refractivity contribution is 0.177. The van der Waals surface area contributed by atoms with Crippen molar-refractivity contribution < 1.29 is 8.42 Å². The van der Waals surface area contributed by atoms with Gasteiger partial charge in [-0.05, 0) is 86.8 Å². The SMILES string of the molecule is CSc1ccccc1CN1CCC(CNS(=O)(=O)c2ccc(C)c(C)c2)CC1. The number of piperidine rings is 1. The Morgan fingerprint density at radius 2 is 1.79 bits per heavy atom. The number of sulfonamides is 1. The van der Waals surface area contributed by atoms with Crippen molar-refractivity contribution in [3.05, 3.63) is 59.2 Å². The summed E-state index contributed by atoms with van der Waals surface area (Å²) in [6, 6.07) is 13.9. The first-order valence-electron chi connectivity index (χ1n) is 9.80. The maximum atomic E-state index is 12.6. The standard InChI is InChI=1S/C22H30N2O2S2/c1-17-8-9-21(14-18(17)2)28(25,26)23-15-19-10-12-24(13-11-19)16-20-6-4-5-7-22(20)27-3/h4-9,14,19,23H,10-13,15-16H2,1-3H3. The Kier molecular flexibility index (Phi) is 7.20. The molecule has 2 aromatic rings. The van der Waals surface area contributed by atoms with E-state index in [9.17, 15) is 8.42 Å². The van der Waals surface area contributed by atoms with Crippen LogP contribution in [0.25, 0.3) is 0 Å². The molecule has 6 heteroatoms. The Labute approximate surface area is 173 Å². The van der Waals surface area contributed by atoms with Crippen LogP contribution in [0.3, 0.4) is 0 Å². The van der Waals surface area contributed by atoms with E-state index in [-0.39, 0.29) is 0 Å². The zero-order valence-corrected chi connectivity index (χ0v) is 18.6. The van der Waals surface area contributed by atoms with Crippen molar-refractivity contribution in [1.82, 2.24) is 9.62 Å². The van der Waals surface area contributed by atoms with Gasteiger partial charge in [-0.25, -0.2) is 13.1 Å². The molecule has 1 N–H and O–H groups in total. The molecular formula is C22H30N2O2S2. The van der Waals surface area contributed by atoms with Gasteiger partial charge in [0, 0.05) is 18.0 Å². The second-order valence-electron chi connectivity index (χ2n) is 7.63. The average molecular weight is 419 g/mol. The summed E-state index contributed by atoms with van der Waals surface area (Å²) in [5, 5.41) is 0. The van der Waals surface area contributed by atoms with Gasteiger partial charge >= 0.3 is 0 Å². The molecule has 0 spiro atoms. The number of benzene rings is 2. The van der Waals surface area contributed by atoms with Crippen LogP contribution in [-0.2, 0) is 16.6 Å². The van der Waals surface area contributed by atoms with E-state index in [1.54, 1.807) is 23.9 Å². The number of thioether (sulfide) groups is 1. The molecule has 0 saturated carbocycles. The highest BCUT2D eigenvalue weighted by molar-refractivity contribution is 7.98. The fourth-order valence-electron chi connectivity index (χ4n) is 3.62. The fourth-order valence-corrected chi connectivity index (χ4v) is 5.43. The first-order valence-corrected chi connectivity index (χ1v) is 12.5. The van der Waals surface area contributed by atoms with Gasteiger partial charge in [0.1, 0.15) is 0 Å². The van der Waals surface area contributed by atoms with Crippen molar-refractivity contribution in [3.8, 4) is 0 Å². The number of rotatable bonds is 7. The lowest BCUT2D eigenvalue weighted by atomic mass is 9.97. The van der Waals surface area contributed by atoms with E-state index in [0.29, 0.717) is 17.4 Å². The highest BCUT2D eigenvalue weighted by Gasteiger charge is 2.22. The van der Waals surface area contributed by atoms with Crippen LogP contribution in [0.1, 0.15) is 29.5 Å². The molecule has 4 nitrogen and oxygen atoms in total. The molecule has 1 aliphatic heterocycles. The number of nitrogens with zero attached hydrogens (tertiary/aromatic N) is 1. The molecule has 0 atom stereocenters. The molecule has 0 amide bonds. The van der Waals surface area contributed by atoms with E-state index in [1.165, 1.54) is 10.5 Å². The van der Waals surface area contributed by atoms with Gasteiger partial charge in [-0.3, -0.25) is 4.90 Å². The van der Waals surface area contributed by atoms with Crippen molar-refractivity contribution in [3.63, 3.8) is 0 Å². The van der Waals surface area contributed by atoms with Gasteiger partial charge in [-0.15, -0.1) is 11.8 Å². The first kappa shape index (κ1) is 21.4. The van der Waals surface area contributed by atoms with Crippen LogP contribution in [0.15, 0.2) is 52.3 Å². The summed E-state index contributed by atoms with van der Waals surface area (Å²) < 4.78 is 28.0. The highest BCUT2D eigenvalue weighted by atomic mass is 32.2. The first-order chi connectivity index (χ1) is 13.4. The predicted octanol–water partition coefficient (Wildman–Crippen LogP) is 4.22. The molecule has 2 aromatic carbocycles. The Morgan fingerprint density at radius 3 is 2.46 bits per heavy atom. The molecule has 0 radical (unpaired) electrons. The summed E-state index contributed by atoms with van der Waals surface area (Å²) in [7, 11) is -3.44. The Morgan fingerprint density at radius 1 is 1.07 bits per heavy atom. The van der Waals surface area contributed by atoms with E-state index < -0.39 is 10.0 Å². The minimum atomic E-state index is -3.44. The summed E-state index contributed by atoms with van der Waals surface area (Å²) in [4.78, 5) is 4.18. The molecule has 1 aliphatic rings. The minimum absolute atomic E-state index is 0.363. The third-order valence-electron chi connectivity index (χ3n) is 5.64. The summed E-state index contributed by atoms with van der Waals surface area (Å²) in [6.07, 6.45) is 4.17. The molecule has 152 valence electrons. The van der Waals surface area contributed by atoms with Crippen LogP contribution in [0.2, 0.25) is 0 Å². The third-order valence-corrected chi connectivity index (χ3v) is 7.90. The number of hydrogen-bond donors (Lipinski definition) is 1. The Bertz CT molecular complexity index is 905. The third kappa shape index (κ3) is 5.38. The normalized spacial score (nSPS) is 16.4. The Hall–Kier alpha value is -1.34. The van der Waals surface area contributed by atoms with E-state index in [1.807, 2.05) is 19.9 Å². The topological polar surface area (TPSA) is 49.4 Å². The zero-order valence-electron chi connectivity index (χ0n) is 16.9. The van der Waals surface area contributed by atoms with Gasteiger partial charge in [-0.1, -0.05) is 24.3 Å². The summed E-state index contributed by atoms with van der Waals surface area (Å²) in [5.74, 6) is 0.397. The molecule has 1 heterocycles. The monoisotopic (exact) mass is 418 g/mol. The quantitative estimate of drug-likeness (QED) is 0.684. The van der Waals surface area contributed by atoms with Crippen molar-refractivity contribution in [2.24, 2.45) is 5.92 Å². The van der Waals surface area contributed by atoms with E-state index >= 15 is 0 Å². The van der Waals surface area contributed by atoms with Crippen LogP contribution in [0.5, 0.6) is 0 Å². The van der Waals surface area contributed by atoms with Crippen LogP contribution in [0.4, 0.5) is 0 Å². The maximum Gasteiger partial charge on any atom is 0.240 e. The van der Waals surface area contributed by atoms with Gasteiger partial charge in [-0.2, -0.15) is 0 Å². The van der Waals surface area contributed by atoms with Gasteiger partial charge in [0.05, 0.1) is 4.90 Å². The van der Waals surface area contributed by atoms with Crippen molar-refractivity contribution in [1.29, 1.82) is 0 Å². The number of likely N-dealkylation sites (tertiary alicyclic amines) is 1.